The van der Waals surface area contributed by atoms with E-state index in [0.29, 0.717) is 5.65 Å². The smallest absolute Gasteiger partial charge is 0.139 e. The number of halogens is 1. The van der Waals surface area contributed by atoms with Crippen molar-refractivity contribution in [3.05, 3.63) is 60.3 Å². The summed E-state index contributed by atoms with van der Waals surface area (Å²) < 4.78 is 15.0. The molecule has 0 saturated carbocycles. The van der Waals surface area contributed by atoms with Gasteiger partial charge in [-0.2, -0.15) is 0 Å². The average Bonchev–Trinajstić information content (AvgIpc) is 3.21. The molecular formula is C17H13FN6. The van der Waals surface area contributed by atoms with Crippen LogP contribution in [0.1, 0.15) is 5.69 Å². The van der Waals surface area contributed by atoms with E-state index in [-0.39, 0.29) is 5.82 Å². The molecule has 118 valence electrons. The van der Waals surface area contributed by atoms with E-state index in [1.807, 2.05) is 24.3 Å². The van der Waals surface area contributed by atoms with Gasteiger partial charge in [0.05, 0.1) is 5.69 Å². The Bertz CT molecular complexity index is 1050. The number of rotatable bonds is 3. The Balaban J connectivity index is 1.80. The van der Waals surface area contributed by atoms with Gasteiger partial charge in [0.2, 0.25) is 0 Å². The van der Waals surface area contributed by atoms with E-state index >= 15 is 0 Å². The van der Waals surface area contributed by atoms with Crippen LogP contribution in [0, 0.1) is 5.82 Å². The highest BCUT2D eigenvalue weighted by atomic mass is 19.1. The molecule has 0 saturated heterocycles. The van der Waals surface area contributed by atoms with E-state index in [0.717, 1.165) is 28.2 Å². The zero-order chi connectivity index (χ0) is 16.5. The van der Waals surface area contributed by atoms with Crippen LogP contribution in [-0.4, -0.2) is 38.1 Å². The van der Waals surface area contributed by atoms with Gasteiger partial charge >= 0.3 is 0 Å². The lowest BCUT2D eigenvalue weighted by molar-refractivity contribution is 0.619. The van der Waals surface area contributed by atoms with Gasteiger partial charge in [0.25, 0.3) is 0 Å². The second-order valence-electron chi connectivity index (χ2n) is 5.28. The third kappa shape index (κ3) is 2.45. The lowest BCUT2D eigenvalue weighted by atomic mass is 10.1. The van der Waals surface area contributed by atoms with Crippen molar-refractivity contribution in [1.82, 2.24) is 24.8 Å². The van der Waals surface area contributed by atoms with Crippen LogP contribution >= 0.6 is 0 Å². The van der Waals surface area contributed by atoms with E-state index in [2.05, 4.69) is 25.4 Å². The van der Waals surface area contributed by atoms with Gasteiger partial charge in [0.15, 0.2) is 0 Å². The molecule has 0 bridgehead atoms. The summed E-state index contributed by atoms with van der Waals surface area (Å²) in [6, 6.07) is 10.9. The molecule has 7 heteroatoms. The van der Waals surface area contributed by atoms with Crippen LogP contribution in [0.3, 0.4) is 0 Å². The molecule has 0 unspecified atom stereocenters. The molecule has 0 amide bonds. The van der Waals surface area contributed by atoms with Crippen molar-refractivity contribution in [2.24, 2.45) is 4.99 Å². The normalized spacial score (nSPS) is 11.6. The molecule has 0 fully saturated rings. The van der Waals surface area contributed by atoms with Crippen LogP contribution in [0.4, 0.5) is 4.39 Å². The Kier molecular flexibility index (Phi) is 3.38. The summed E-state index contributed by atoms with van der Waals surface area (Å²) in [6.07, 6.45) is 4.88. The number of H-pyrrole nitrogens is 1. The summed E-state index contributed by atoms with van der Waals surface area (Å²) in [5, 5.41) is 10.8. The fraction of sp³-hybridized carbons (Fsp3) is 0.0588. The van der Waals surface area contributed by atoms with Crippen molar-refractivity contribution in [3.63, 3.8) is 0 Å². The monoisotopic (exact) mass is 320 g/mol. The number of aromatic amines is 1. The first-order valence-electron chi connectivity index (χ1n) is 7.33. The summed E-state index contributed by atoms with van der Waals surface area (Å²) >= 11 is 0. The Morgan fingerprint density at radius 1 is 1.17 bits per heavy atom. The van der Waals surface area contributed by atoms with Crippen LogP contribution < -0.4 is 0 Å². The summed E-state index contributed by atoms with van der Waals surface area (Å²) in [4.78, 5) is 8.53. The highest BCUT2D eigenvalue weighted by Crippen LogP contribution is 2.26. The molecule has 3 heterocycles. The predicted octanol–water partition coefficient (Wildman–Crippen LogP) is 2.97. The largest absolute Gasteiger partial charge is 0.304 e. The zero-order valence-corrected chi connectivity index (χ0v) is 12.8. The number of fused-ring (bicyclic) bond motifs is 1. The maximum Gasteiger partial charge on any atom is 0.139 e. The number of pyridine rings is 1. The van der Waals surface area contributed by atoms with E-state index in [1.54, 1.807) is 29.9 Å². The molecule has 1 aromatic carbocycles. The van der Waals surface area contributed by atoms with Crippen LogP contribution in [-0.2, 0) is 0 Å². The standard InChI is InChI=1S/C17H13FN6/c1-19-8-14-17(22-23-21-14)12-4-2-3-11(7-12)15-10-24-9-13(18)5-6-16(24)20-15/h2-10H,1H3,(H,21,22,23)/b19-8-. The number of nitrogens with zero attached hydrogens (tertiary/aromatic N) is 5. The topological polar surface area (TPSA) is 71.2 Å². The second-order valence-corrected chi connectivity index (χ2v) is 5.28. The number of benzene rings is 1. The van der Waals surface area contributed by atoms with Gasteiger partial charge in [0, 0.05) is 36.8 Å². The molecule has 0 atom stereocenters. The molecule has 0 aliphatic carbocycles. The molecule has 0 aliphatic heterocycles. The highest BCUT2D eigenvalue weighted by molar-refractivity contribution is 5.87. The number of hydrogen-bond acceptors (Lipinski definition) is 4. The lowest BCUT2D eigenvalue weighted by Crippen LogP contribution is -1.88. The maximum absolute atomic E-state index is 13.3. The quantitative estimate of drug-likeness (QED) is 0.590. The van der Waals surface area contributed by atoms with E-state index in [9.17, 15) is 4.39 Å². The molecule has 0 aliphatic rings. The van der Waals surface area contributed by atoms with Gasteiger partial charge in [-0.3, -0.25) is 10.1 Å². The zero-order valence-electron chi connectivity index (χ0n) is 12.8. The van der Waals surface area contributed by atoms with Gasteiger partial charge in [-0.15, -0.1) is 5.10 Å². The molecular weight excluding hydrogens is 307 g/mol. The fourth-order valence-corrected chi connectivity index (χ4v) is 2.60. The van der Waals surface area contributed by atoms with Crippen molar-refractivity contribution in [2.75, 3.05) is 7.05 Å². The van der Waals surface area contributed by atoms with Crippen molar-refractivity contribution in [2.45, 2.75) is 0 Å². The molecule has 3 aromatic heterocycles. The van der Waals surface area contributed by atoms with Gasteiger partial charge in [-0.1, -0.05) is 23.4 Å². The maximum atomic E-state index is 13.3. The van der Waals surface area contributed by atoms with Crippen molar-refractivity contribution in [1.29, 1.82) is 0 Å². The third-order valence-corrected chi connectivity index (χ3v) is 3.68. The Labute approximate surface area is 136 Å². The van der Waals surface area contributed by atoms with Crippen LogP contribution in [0.2, 0.25) is 0 Å². The second kappa shape index (κ2) is 5.69. The van der Waals surface area contributed by atoms with Crippen LogP contribution in [0.5, 0.6) is 0 Å². The Hall–Kier alpha value is -3.35. The van der Waals surface area contributed by atoms with Gasteiger partial charge in [0.1, 0.15) is 22.9 Å². The molecule has 4 aromatic rings. The SMILES string of the molecule is C/N=C\c1[nH]nnc1-c1cccc(-c2cn3cc(F)ccc3n2)c1. The first-order valence-corrected chi connectivity index (χ1v) is 7.33. The number of hydrogen-bond donors (Lipinski definition) is 1. The van der Waals surface area contributed by atoms with Crippen LogP contribution in [0.15, 0.2) is 53.8 Å². The van der Waals surface area contributed by atoms with Gasteiger partial charge in [-0.05, 0) is 18.2 Å². The van der Waals surface area contributed by atoms with Gasteiger partial charge in [-0.25, -0.2) is 9.37 Å². The average molecular weight is 320 g/mol. The molecule has 4 rings (SSSR count). The molecule has 0 radical (unpaired) electrons. The van der Waals surface area contributed by atoms with Crippen molar-refractivity contribution < 1.29 is 4.39 Å². The molecule has 1 N–H and O–H groups in total. The predicted molar refractivity (Wildman–Crippen MR) is 89.5 cm³/mol. The highest BCUT2D eigenvalue weighted by Gasteiger charge is 2.11. The first kappa shape index (κ1) is 14.3. The minimum absolute atomic E-state index is 0.300. The number of imidazole rings is 1. The van der Waals surface area contributed by atoms with E-state index in [4.69, 9.17) is 0 Å². The third-order valence-electron chi connectivity index (χ3n) is 3.68. The molecule has 0 spiro atoms. The summed E-state index contributed by atoms with van der Waals surface area (Å²) in [5.41, 5.74) is 4.73. The minimum atomic E-state index is -0.300. The minimum Gasteiger partial charge on any atom is -0.304 e. The number of aromatic nitrogens is 5. The first-order chi connectivity index (χ1) is 11.7. The summed E-state index contributed by atoms with van der Waals surface area (Å²) in [5.74, 6) is -0.300. The number of aliphatic imine (C=N–C) groups is 1. The van der Waals surface area contributed by atoms with Crippen LogP contribution in [0.25, 0.3) is 28.2 Å². The Morgan fingerprint density at radius 2 is 2.04 bits per heavy atom. The Morgan fingerprint density at radius 3 is 2.92 bits per heavy atom. The lowest BCUT2D eigenvalue weighted by Gasteiger charge is -2.01. The summed E-state index contributed by atoms with van der Waals surface area (Å²) in [7, 11) is 1.69. The van der Waals surface area contributed by atoms with Gasteiger partial charge < -0.3 is 4.40 Å². The fourth-order valence-electron chi connectivity index (χ4n) is 2.60. The van der Waals surface area contributed by atoms with E-state index in [1.165, 1.54) is 12.3 Å². The van der Waals surface area contributed by atoms with E-state index < -0.39 is 0 Å². The molecule has 6 nitrogen and oxygen atoms in total. The molecule has 24 heavy (non-hydrogen) atoms. The summed E-state index contributed by atoms with van der Waals surface area (Å²) in [6.45, 7) is 0. The van der Waals surface area contributed by atoms with Crippen molar-refractivity contribution in [3.8, 4) is 22.5 Å². The van der Waals surface area contributed by atoms with Crippen molar-refractivity contribution >= 4 is 11.9 Å². The number of nitrogens with one attached hydrogen (secondary N) is 1.